The number of fused-ring (bicyclic) bond motifs is 1. The van der Waals surface area contributed by atoms with Gasteiger partial charge in [-0.15, -0.1) is 11.3 Å². The maximum atomic E-state index is 13.2. The zero-order chi connectivity index (χ0) is 17.4. The molecule has 0 bridgehead atoms. The summed E-state index contributed by atoms with van der Waals surface area (Å²) >= 11 is 7.13. The number of nitro groups is 1. The number of anilines is 1. The van der Waals surface area contributed by atoms with Crippen molar-refractivity contribution in [2.24, 2.45) is 0 Å². The molecule has 9 heteroatoms. The molecule has 2 aromatic carbocycles. The van der Waals surface area contributed by atoms with Crippen LogP contribution in [0.2, 0.25) is 5.02 Å². The lowest BCUT2D eigenvalue weighted by atomic mass is 10.2. The summed E-state index contributed by atoms with van der Waals surface area (Å²) in [5.41, 5.74) is -0.0496. The minimum Gasteiger partial charge on any atom is -0.321 e. The number of non-ortho nitro benzene ring substituents is 1. The number of hydrogen-bond donors (Lipinski definition) is 1. The quantitative estimate of drug-likeness (QED) is 0.522. The summed E-state index contributed by atoms with van der Waals surface area (Å²) in [4.78, 5) is 22.7. The van der Waals surface area contributed by atoms with Crippen LogP contribution < -0.4 is 5.32 Å². The fourth-order valence-electron chi connectivity index (χ4n) is 2.08. The predicted octanol–water partition coefficient (Wildman–Crippen LogP) is 4.99. The highest BCUT2D eigenvalue weighted by Crippen LogP contribution is 2.37. The number of halogens is 3. The van der Waals surface area contributed by atoms with Crippen LogP contribution in [0.3, 0.4) is 0 Å². The topological polar surface area (TPSA) is 72.2 Å². The number of amides is 1. The van der Waals surface area contributed by atoms with E-state index in [-0.39, 0.29) is 21.3 Å². The Morgan fingerprint density at radius 1 is 1.17 bits per heavy atom. The molecule has 0 fully saturated rings. The second kappa shape index (κ2) is 6.14. The van der Waals surface area contributed by atoms with Crippen LogP contribution in [0.5, 0.6) is 0 Å². The molecule has 0 saturated heterocycles. The number of hydrogen-bond acceptors (Lipinski definition) is 4. The van der Waals surface area contributed by atoms with E-state index in [2.05, 4.69) is 5.32 Å². The van der Waals surface area contributed by atoms with E-state index in [1.165, 1.54) is 24.3 Å². The summed E-state index contributed by atoms with van der Waals surface area (Å²) < 4.78 is 26.6. The first-order chi connectivity index (χ1) is 11.4. The highest BCUT2D eigenvalue weighted by Gasteiger charge is 2.19. The number of thiophene rings is 1. The van der Waals surface area contributed by atoms with E-state index in [0.717, 1.165) is 23.5 Å². The van der Waals surface area contributed by atoms with Crippen LogP contribution in [0.4, 0.5) is 20.2 Å². The molecular formula is C15H7ClF2N2O3S. The van der Waals surface area contributed by atoms with Crippen LogP contribution in [0.1, 0.15) is 9.67 Å². The van der Waals surface area contributed by atoms with Crippen molar-refractivity contribution in [1.29, 1.82) is 0 Å². The van der Waals surface area contributed by atoms with Crippen molar-refractivity contribution in [1.82, 2.24) is 0 Å². The number of nitrogens with one attached hydrogen (secondary N) is 1. The van der Waals surface area contributed by atoms with Crippen LogP contribution in [-0.4, -0.2) is 10.8 Å². The lowest BCUT2D eigenvalue weighted by molar-refractivity contribution is -0.384. The van der Waals surface area contributed by atoms with Gasteiger partial charge >= 0.3 is 0 Å². The molecule has 1 N–H and O–H groups in total. The molecule has 0 unspecified atom stereocenters. The van der Waals surface area contributed by atoms with Crippen LogP contribution >= 0.6 is 22.9 Å². The maximum Gasteiger partial charge on any atom is 0.270 e. The van der Waals surface area contributed by atoms with Crippen molar-refractivity contribution >= 4 is 50.3 Å². The molecular weight excluding hydrogens is 362 g/mol. The minimum atomic E-state index is -1.09. The first-order valence-corrected chi connectivity index (χ1v) is 7.69. The van der Waals surface area contributed by atoms with Crippen molar-refractivity contribution in [2.45, 2.75) is 0 Å². The zero-order valence-electron chi connectivity index (χ0n) is 11.7. The molecule has 0 aliphatic rings. The van der Waals surface area contributed by atoms with Gasteiger partial charge in [0.25, 0.3) is 11.6 Å². The Kier molecular flexibility index (Phi) is 4.16. The van der Waals surface area contributed by atoms with E-state index < -0.39 is 22.5 Å². The van der Waals surface area contributed by atoms with Gasteiger partial charge in [-0.3, -0.25) is 14.9 Å². The van der Waals surface area contributed by atoms with Gasteiger partial charge in [0.2, 0.25) is 0 Å². The number of carbonyl (C=O) groups is 1. The third-order valence-corrected chi connectivity index (χ3v) is 4.86. The number of nitro benzene ring substituents is 1. The highest BCUT2D eigenvalue weighted by molar-refractivity contribution is 7.21. The standard InChI is InChI=1S/C15H7ClF2N2O3S/c16-13-9-3-2-8(20(22)23)6-12(9)24-14(13)15(21)19-7-1-4-10(17)11(18)5-7/h1-6H,(H,19,21). The molecule has 0 atom stereocenters. The van der Waals surface area contributed by atoms with Gasteiger partial charge in [0.15, 0.2) is 11.6 Å². The van der Waals surface area contributed by atoms with Crippen molar-refractivity contribution in [2.75, 3.05) is 5.32 Å². The molecule has 1 aromatic heterocycles. The summed E-state index contributed by atoms with van der Waals surface area (Å²) in [5.74, 6) is -2.74. The summed E-state index contributed by atoms with van der Waals surface area (Å²) in [6.07, 6.45) is 0. The molecule has 0 aliphatic heterocycles. The summed E-state index contributed by atoms with van der Waals surface area (Å²) in [7, 11) is 0. The van der Waals surface area contributed by atoms with Gasteiger partial charge in [-0.25, -0.2) is 8.78 Å². The van der Waals surface area contributed by atoms with E-state index in [4.69, 9.17) is 11.6 Å². The van der Waals surface area contributed by atoms with Gasteiger partial charge in [0.05, 0.1) is 9.95 Å². The second-order valence-corrected chi connectivity index (χ2v) is 6.20. The fraction of sp³-hybridized carbons (Fsp3) is 0. The molecule has 3 rings (SSSR count). The smallest absolute Gasteiger partial charge is 0.270 e. The molecule has 0 spiro atoms. The van der Waals surface area contributed by atoms with Gasteiger partial charge in [-0.05, 0) is 18.2 Å². The van der Waals surface area contributed by atoms with Crippen molar-refractivity contribution < 1.29 is 18.5 Å². The van der Waals surface area contributed by atoms with Crippen LogP contribution in [0.25, 0.3) is 10.1 Å². The van der Waals surface area contributed by atoms with E-state index in [1.54, 1.807) is 0 Å². The van der Waals surface area contributed by atoms with Crippen molar-refractivity contribution in [3.05, 3.63) is 68.0 Å². The first kappa shape index (κ1) is 16.3. The average molecular weight is 369 g/mol. The van der Waals surface area contributed by atoms with E-state index in [9.17, 15) is 23.7 Å². The number of nitrogens with zero attached hydrogens (tertiary/aromatic N) is 1. The second-order valence-electron chi connectivity index (χ2n) is 4.77. The Balaban J connectivity index is 1.95. The minimum absolute atomic E-state index is 0.0680. The Hall–Kier alpha value is -2.58. The molecule has 0 saturated carbocycles. The van der Waals surface area contributed by atoms with Gasteiger partial charge in [-0.2, -0.15) is 0 Å². The maximum absolute atomic E-state index is 13.2. The monoisotopic (exact) mass is 368 g/mol. The molecule has 3 aromatic rings. The number of rotatable bonds is 3. The largest absolute Gasteiger partial charge is 0.321 e. The highest BCUT2D eigenvalue weighted by atomic mass is 35.5. The fourth-order valence-corrected chi connectivity index (χ4v) is 3.52. The van der Waals surface area contributed by atoms with Gasteiger partial charge in [0.1, 0.15) is 4.88 Å². The van der Waals surface area contributed by atoms with Gasteiger partial charge < -0.3 is 5.32 Å². The third-order valence-electron chi connectivity index (χ3n) is 3.21. The Morgan fingerprint density at radius 3 is 2.58 bits per heavy atom. The van der Waals surface area contributed by atoms with Crippen LogP contribution in [-0.2, 0) is 0 Å². The Bertz CT molecular complexity index is 990. The molecule has 122 valence electrons. The van der Waals surface area contributed by atoms with E-state index in [0.29, 0.717) is 10.1 Å². The van der Waals surface area contributed by atoms with Crippen LogP contribution in [0, 0.1) is 21.7 Å². The summed E-state index contributed by atoms with van der Waals surface area (Å²) in [5, 5.41) is 13.9. The third kappa shape index (κ3) is 2.93. The van der Waals surface area contributed by atoms with E-state index in [1.807, 2.05) is 0 Å². The molecule has 5 nitrogen and oxygen atoms in total. The van der Waals surface area contributed by atoms with Gasteiger partial charge in [-0.1, -0.05) is 11.6 Å². The summed E-state index contributed by atoms with van der Waals surface area (Å²) in [6.45, 7) is 0. The molecule has 24 heavy (non-hydrogen) atoms. The van der Waals surface area contributed by atoms with E-state index >= 15 is 0 Å². The number of carbonyl (C=O) groups excluding carboxylic acids is 1. The van der Waals surface area contributed by atoms with Crippen LogP contribution in [0.15, 0.2) is 36.4 Å². The van der Waals surface area contributed by atoms with Gasteiger partial charge in [0, 0.05) is 34.0 Å². The molecule has 0 radical (unpaired) electrons. The lowest BCUT2D eigenvalue weighted by Gasteiger charge is -2.04. The SMILES string of the molecule is O=C(Nc1ccc(F)c(F)c1)c1sc2cc([N+](=O)[O-])ccc2c1Cl. The zero-order valence-corrected chi connectivity index (χ0v) is 13.3. The van der Waals surface area contributed by atoms with Crippen molar-refractivity contribution in [3.8, 4) is 0 Å². The average Bonchev–Trinajstić information content (AvgIpc) is 2.87. The first-order valence-electron chi connectivity index (χ1n) is 6.49. The van der Waals surface area contributed by atoms with Crippen molar-refractivity contribution in [3.63, 3.8) is 0 Å². The molecule has 1 heterocycles. The Morgan fingerprint density at radius 2 is 1.92 bits per heavy atom. The normalized spacial score (nSPS) is 10.8. The predicted molar refractivity (Wildman–Crippen MR) is 87.8 cm³/mol. The molecule has 1 amide bonds. The molecule has 0 aliphatic carbocycles. The number of benzene rings is 2. The lowest BCUT2D eigenvalue weighted by Crippen LogP contribution is -2.11. The Labute approximate surface area is 142 Å². The summed E-state index contributed by atoms with van der Waals surface area (Å²) in [6, 6.07) is 7.02.